The fraction of sp³-hybridized carbons (Fsp3) is 0.211. The lowest BCUT2D eigenvalue weighted by molar-refractivity contribution is -0.383. The summed E-state index contributed by atoms with van der Waals surface area (Å²) in [4.78, 5) is 15.2. The van der Waals surface area contributed by atoms with Gasteiger partial charge in [0, 0.05) is 36.5 Å². The molecule has 0 aliphatic heterocycles. The topological polar surface area (TPSA) is 77.3 Å². The summed E-state index contributed by atoms with van der Waals surface area (Å²) >= 11 is 0. The Hall–Kier alpha value is -2.99. The standard InChI is InChI=1S/C19H19N3O3/c1-13-10-17(16-8-5-9-18(22(23)24)19(16)21-13)20-11-14-6-3-4-7-15(14)12-25-2/h3-10H,11-12H2,1-2H3,(H,20,21). The van der Waals surface area contributed by atoms with Gasteiger partial charge >= 0.3 is 0 Å². The molecule has 0 saturated carbocycles. The molecule has 0 spiro atoms. The third kappa shape index (κ3) is 3.59. The van der Waals surface area contributed by atoms with Gasteiger partial charge in [-0.25, -0.2) is 4.98 Å². The molecule has 1 aromatic heterocycles. The smallest absolute Gasteiger partial charge is 0.295 e. The van der Waals surface area contributed by atoms with Crippen LogP contribution in [0.3, 0.4) is 0 Å². The minimum absolute atomic E-state index is 0.0176. The summed E-state index contributed by atoms with van der Waals surface area (Å²) in [7, 11) is 1.67. The Morgan fingerprint density at radius 1 is 1.16 bits per heavy atom. The number of nitro benzene ring substituents is 1. The van der Waals surface area contributed by atoms with Crippen molar-refractivity contribution in [2.24, 2.45) is 0 Å². The Labute approximate surface area is 145 Å². The molecule has 6 heteroatoms. The fourth-order valence-corrected chi connectivity index (χ4v) is 2.87. The lowest BCUT2D eigenvalue weighted by Crippen LogP contribution is -2.05. The van der Waals surface area contributed by atoms with Gasteiger partial charge in [0.15, 0.2) is 5.52 Å². The van der Waals surface area contributed by atoms with Gasteiger partial charge in [-0.05, 0) is 24.1 Å². The van der Waals surface area contributed by atoms with Crippen molar-refractivity contribution in [3.05, 3.63) is 75.5 Å². The number of methoxy groups -OCH3 is 1. The number of hydrogen-bond acceptors (Lipinski definition) is 5. The average Bonchev–Trinajstić information content (AvgIpc) is 2.60. The van der Waals surface area contributed by atoms with Gasteiger partial charge in [-0.1, -0.05) is 36.4 Å². The highest BCUT2D eigenvalue weighted by Gasteiger charge is 2.15. The van der Waals surface area contributed by atoms with Crippen LogP contribution in [0, 0.1) is 17.0 Å². The van der Waals surface area contributed by atoms with Crippen LogP contribution in [0.2, 0.25) is 0 Å². The molecule has 6 nitrogen and oxygen atoms in total. The van der Waals surface area contributed by atoms with Crippen LogP contribution in [0.15, 0.2) is 48.5 Å². The minimum Gasteiger partial charge on any atom is -0.380 e. The molecule has 0 fully saturated rings. The van der Waals surface area contributed by atoms with Crippen molar-refractivity contribution in [1.82, 2.24) is 4.98 Å². The number of fused-ring (bicyclic) bond motifs is 1. The zero-order chi connectivity index (χ0) is 17.8. The van der Waals surface area contributed by atoms with E-state index in [1.165, 1.54) is 6.07 Å². The van der Waals surface area contributed by atoms with Crippen molar-refractivity contribution in [3.8, 4) is 0 Å². The summed E-state index contributed by atoms with van der Waals surface area (Å²) in [6, 6.07) is 14.9. The van der Waals surface area contributed by atoms with E-state index in [2.05, 4.69) is 10.3 Å². The summed E-state index contributed by atoms with van der Waals surface area (Å²) in [6.07, 6.45) is 0. The molecule has 3 rings (SSSR count). The lowest BCUT2D eigenvalue weighted by atomic mass is 10.1. The largest absolute Gasteiger partial charge is 0.380 e. The molecule has 0 bridgehead atoms. The highest BCUT2D eigenvalue weighted by molar-refractivity contribution is 5.96. The predicted molar refractivity (Wildman–Crippen MR) is 97.6 cm³/mol. The number of nitrogens with zero attached hydrogens (tertiary/aromatic N) is 2. The minimum atomic E-state index is -0.396. The Morgan fingerprint density at radius 2 is 1.92 bits per heavy atom. The van der Waals surface area contributed by atoms with Gasteiger partial charge in [-0.15, -0.1) is 0 Å². The summed E-state index contributed by atoms with van der Waals surface area (Å²) in [6.45, 7) is 2.97. The second-order valence-electron chi connectivity index (χ2n) is 5.80. The Bertz CT molecular complexity index is 925. The summed E-state index contributed by atoms with van der Waals surface area (Å²) < 4.78 is 5.24. The highest BCUT2D eigenvalue weighted by atomic mass is 16.6. The first-order chi connectivity index (χ1) is 12.1. The number of rotatable bonds is 6. The molecule has 1 heterocycles. The Morgan fingerprint density at radius 3 is 2.64 bits per heavy atom. The number of hydrogen-bond donors (Lipinski definition) is 1. The first-order valence-corrected chi connectivity index (χ1v) is 7.94. The van der Waals surface area contributed by atoms with E-state index in [-0.39, 0.29) is 5.69 Å². The Kier molecular flexibility index (Phi) is 4.90. The number of para-hydroxylation sites is 1. The number of ether oxygens (including phenoxy) is 1. The summed E-state index contributed by atoms with van der Waals surface area (Å²) in [5.41, 5.74) is 4.22. The molecule has 0 unspecified atom stereocenters. The van der Waals surface area contributed by atoms with E-state index in [0.717, 1.165) is 27.9 Å². The monoisotopic (exact) mass is 337 g/mol. The summed E-state index contributed by atoms with van der Waals surface area (Å²) in [5, 5.41) is 15.4. The maximum Gasteiger partial charge on any atom is 0.295 e. The zero-order valence-corrected chi connectivity index (χ0v) is 14.2. The molecule has 0 aliphatic rings. The molecule has 0 atom stereocenters. The van der Waals surface area contributed by atoms with Crippen LogP contribution in [0.25, 0.3) is 10.9 Å². The first-order valence-electron chi connectivity index (χ1n) is 7.94. The van der Waals surface area contributed by atoms with Gasteiger partial charge in [0.2, 0.25) is 0 Å². The molecule has 0 aliphatic carbocycles. The fourth-order valence-electron chi connectivity index (χ4n) is 2.87. The van der Waals surface area contributed by atoms with Crippen molar-refractivity contribution in [2.75, 3.05) is 12.4 Å². The van der Waals surface area contributed by atoms with E-state index < -0.39 is 4.92 Å². The number of nitrogens with one attached hydrogen (secondary N) is 1. The van der Waals surface area contributed by atoms with Crippen molar-refractivity contribution in [2.45, 2.75) is 20.1 Å². The predicted octanol–water partition coefficient (Wildman–Crippen LogP) is 4.21. The van der Waals surface area contributed by atoms with E-state index in [1.54, 1.807) is 13.2 Å². The van der Waals surface area contributed by atoms with Crippen LogP contribution >= 0.6 is 0 Å². The number of aryl methyl sites for hydroxylation is 1. The van der Waals surface area contributed by atoms with Gasteiger partial charge in [0.05, 0.1) is 11.5 Å². The molecule has 128 valence electrons. The molecule has 3 aromatic rings. The number of non-ortho nitro benzene ring substituents is 1. The third-order valence-corrected chi connectivity index (χ3v) is 4.03. The number of anilines is 1. The molecular weight excluding hydrogens is 318 g/mol. The number of benzene rings is 2. The van der Waals surface area contributed by atoms with Crippen LogP contribution < -0.4 is 5.32 Å². The van der Waals surface area contributed by atoms with Crippen LogP contribution in [0.4, 0.5) is 11.4 Å². The van der Waals surface area contributed by atoms with Gasteiger partial charge in [-0.3, -0.25) is 10.1 Å². The van der Waals surface area contributed by atoms with E-state index in [0.29, 0.717) is 18.7 Å². The first kappa shape index (κ1) is 16.9. The molecule has 0 radical (unpaired) electrons. The SMILES string of the molecule is COCc1ccccc1CNc1cc(C)nc2c([N+](=O)[O-])cccc12. The van der Waals surface area contributed by atoms with Crippen LogP contribution in [0.5, 0.6) is 0 Å². The zero-order valence-electron chi connectivity index (χ0n) is 14.2. The lowest BCUT2D eigenvalue weighted by Gasteiger charge is -2.13. The van der Waals surface area contributed by atoms with E-state index >= 15 is 0 Å². The number of nitro groups is 1. The maximum atomic E-state index is 11.3. The van der Waals surface area contributed by atoms with Crippen molar-refractivity contribution < 1.29 is 9.66 Å². The molecular formula is C19H19N3O3. The van der Waals surface area contributed by atoms with Crippen LogP contribution in [0.1, 0.15) is 16.8 Å². The second-order valence-corrected chi connectivity index (χ2v) is 5.80. The molecule has 0 amide bonds. The number of aromatic nitrogens is 1. The number of pyridine rings is 1. The van der Waals surface area contributed by atoms with Crippen LogP contribution in [-0.2, 0) is 17.9 Å². The molecule has 0 saturated heterocycles. The second kappa shape index (κ2) is 7.27. The molecule has 25 heavy (non-hydrogen) atoms. The average molecular weight is 337 g/mol. The van der Waals surface area contributed by atoms with Crippen LogP contribution in [-0.4, -0.2) is 17.0 Å². The maximum absolute atomic E-state index is 11.3. The van der Waals surface area contributed by atoms with Gasteiger partial charge in [0.25, 0.3) is 5.69 Å². The van der Waals surface area contributed by atoms with E-state index in [1.807, 2.05) is 43.3 Å². The molecule has 2 aromatic carbocycles. The van der Waals surface area contributed by atoms with Gasteiger partial charge < -0.3 is 10.1 Å². The third-order valence-electron chi connectivity index (χ3n) is 4.03. The van der Waals surface area contributed by atoms with Gasteiger partial charge in [-0.2, -0.15) is 0 Å². The van der Waals surface area contributed by atoms with Gasteiger partial charge in [0.1, 0.15) is 0 Å². The normalized spacial score (nSPS) is 10.8. The quantitative estimate of drug-likeness (QED) is 0.538. The highest BCUT2D eigenvalue weighted by Crippen LogP contribution is 2.30. The summed E-state index contributed by atoms with van der Waals surface area (Å²) in [5.74, 6) is 0. The van der Waals surface area contributed by atoms with Crippen molar-refractivity contribution >= 4 is 22.3 Å². The van der Waals surface area contributed by atoms with Crippen molar-refractivity contribution in [3.63, 3.8) is 0 Å². The molecule has 1 N–H and O–H groups in total. The Balaban J connectivity index is 1.97. The van der Waals surface area contributed by atoms with Crippen molar-refractivity contribution in [1.29, 1.82) is 0 Å². The van der Waals surface area contributed by atoms with E-state index in [9.17, 15) is 10.1 Å². The van der Waals surface area contributed by atoms with E-state index in [4.69, 9.17) is 4.74 Å².